The predicted molar refractivity (Wildman–Crippen MR) is 81.2 cm³/mol. The van der Waals surface area contributed by atoms with Crippen LogP contribution in [-0.4, -0.2) is 42.2 Å². The first-order valence-electron chi connectivity index (χ1n) is 7.16. The molecule has 0 atom stereocenters. The first-order valence-corrected chi connectivity index (χ1v) is 7.16. The van der Waals surface area contributed by atoms with Crippen molar-refractivity contribution in [3.05, 3.63) is 41.7 Å². The molecule has 0 saturated carbocycles. The maximum absolute atomic E-state index is 5.81. The molecule has 0 N–H and O–H groups in total. The number of ether oxygens (including phenoxy) is 3. The normalized spacial score (nSPS) is 14.6. The van der Waals surface area contributed by atoms with Crippen LogP contribution in [0.4, 0.5) is 0 Å². The number of nitrogens with zero attached hydrogens (tertiary/aromatic N) is 3. The van der Waals surface area contributed by atoms with Gasteiger partial charge in [0, 0.05) is 31.4 Å². The Morgan fingerprint density at radius 1 is 1.23 bits per heavy atom. The van der Waals surface area contributed by atoms with Crippen molar-refractivity contribution in [3.8, 4) is 17.5 Å². The van der Waals surface area contributed by atoms with E-state index in [2.05, 4.69) is 14.9 Å². The molecule has 0 unspecified atom stereocenters. The highest BCUT2D eigenvalue weighted by molar-refractivity contribution is 5.40. The molecule has 6 heteroatoms. The summed E-state index contributed by atoms with van der Waals surface area (Å²) in [4.78, 5) is 10.7. The summed E-state index contributed by atoms with van der Waals surface area (Å²) in [7, 11) is 3.24. The molecule has 22 heavy (non-hydrogen) atoms. The zero-order valence-corrected chi connectivity index (χ0v) is 12.8. The van der Waals surface area contributed by atoms with Crippen LogP contribution in [0.2, 0.25) is 0 Å². The summed E-state index contributed by atoms with van der Waals surface area (Å²) in [5.74, 6) is 1.76. The van der Waals surface area contributed by atoms with Crippen LogP contribution in [0.5, 0.6) is 17.5 Å². The van der Waals surface area contributed by atoms with Crippen molar-refractivity contribution in [2.45, 2.75) is 13.1 Å². The van der Waals surface area contributed by atoms with Crippen molar-refractivity contribution in [2.24, 2.45) is 0 Å². The maximum atomic E-state index is 5.81. The van der Waals surface area contributed by atoms with Gasteiger partial charge < -0.3 is 14.2 Å². The van der Waals surface area contributed by atoms with Crippen molar-refractivity contribution in [3.63, 3.8) is 0 Å². The third-order valence-corrected chi connectivity index (χ3v) is 3.59. The molecule has 0 fully saturated rings. The lowest BCUT2D eigenvalue weighted by Crippen LogP contribution is -2.25. The Balaban J connectivity index is 1.77. The van der Waals surface area contributed by atoms with E-state index in [0.717, 1.165) is 42.4 Å². The largest absolute Gasteiger partial charge is 0.497 e. The Kier molecular flexibility index (Phi) is 4.39. The van der Waals surface area contributed by atoms with E-state index in [9.17, 15) is 0 Å². The Morgan fingerprint density at radius 2 is 2.14 bits per heavy atom. The minimum atomic E-state index is 0.394. The van der Waals surface area contributed by atoms with Gasteiger partial charge in [0.05, 0.1) is 19.9 Å². The Hall–Kier alpha value is -2.34. The van der Waals surface area contributed by atoms with Crippen molar-refractivity contribution in [2.75, 3.05) is 27.4 Å². The number of fused-ring (bicyclic) bond motifs is 1. The number of methoxy groups -OCH3 is 2. The molecule has 116 valence electrons. The molecule has 0 radical (unpaired) electrons. The summed E-state index contributed by atoms with van der Waals surface area (Å²) < 4.78 is 16.2. The van der Waals surface area contributed by atoms with Gasteiger partial charge in [-0.15, -0.1) is 0 Å². The molecule has 0 saturated heterocycles. The van der Waals surface area contributed by atoms with E-state index >= 15 is 0 Å². The van der Waals surface area contributed by atoms with E-state index in [-0.39, 0.29) is 0 Å². The van der Waals surface area contributed by atoms with Gasteiger partial charge in [-0.3, -0.25) is 4.90 Å². The predicted octanol–water partition coefficient (Wildman–Crippen LogP) is 1.89. The SMILES string of the molecule is COc1ccc2c(c1)CN(Cc1ccnc(OC)n1)CCO2. The molecule has 0 bridgehead atoms. The van der Waals surface area contributed by atoms with Gasteiger partial charge in [0.2, 0.25) is 0 Å². The second-order valence-corrected chi connectivity index (χ2v) is 5.07. The average Bonchev–Trinajstić information content (AvgIpc) is 2.75. The van der Waals surface area contributed by atoms with E-state index < -0.39 is 0 Å². The number of rotatable bonds is 4. The highest BCUT2D eigenvalue weighted by Gasteiger charge is 2.17. The van der Waals surface area contributed by atoms with E-state index in [1.54, 1.807) is 20.4 Å². The van der Waals surface area contributed by atoms with E-state index in [1.807, 2.05) is 24.3 Å². The van der Waals surface area contributed by atoms with Crippen LogP contribution in [0, 0.1) is 0 Å². The number of aromatic nitrogens is 2. The molecule has 2 heterocycles. The smallest absolute Gasteiger partial charge is 0.316 e. The monoisotopic (exact) mass is 301 g/mol. The van der Waals surface area contributed by atoms with Crippen molar-refractivity contribution >= 4 is 0 Å². The van der Waals surface area contributed by atoms with Gasteiger partial charge in [0.15, 0.2) is 0 Å². The van der Waals surface area contributed by atoms with Gasteiger partial charge in [-0.1, -0.05) is 0 Å². The van der Waals surface area contributed by atoms with Crippen molar-refractivity contribution < 1.29 is 14.2 Å². The summed E-state index contributed by atoms with van der Waals surface area (Å²) in [5.41, 5.74) is 2.05. The fourth-order valence-electron chi connectivity index (χ4n) is 2.48. The van der Waals surface area contributed by atoms with Gasteiger partial charge in [-0.2, -0.15) is 4.98 Å². The molecule has 2 aromatic rings. The third kappa shape index (κ3) is 3.28. The van der Waals surface area contributed by atoms with Crippen LogP contribution >= 0.6 is 0 Å². The highest BCUT2D eigenvalue weighted by Crippen LogP contribution is 2.27. The van der Waals surface area contributed by atoms with Crippen LogP contribution in [-0.2, 0) is 13.1 Å². The minimum Gasteiger partial charge on any atom is -0.497 e. The molecule has 1 aromatic heterocycles. The second kappa shape index (κ2) is 6.62. The quantitative estimate of drug-likeness (QED) is 0.859. The molecule has 0 amide bonds. The summed E-state index contributed by atoms with van der Waals surface area (Å²) in [5, 5.41) is 0. The lowest BCUT2D eigenvalue weighted by Gasteiger charge is -2.19. The number of hydrogen-bond donors (Lipinski definition) is 0. The lowest BCUT2D eigenvalue weighted by atomic mass is 10.1. The fraction of sp³-hybridized carbons (Fsp3) is 0.375. The zero-order chi connectivity index (χ0) is 15.4. The molecular formula is C16H19N3O3. The molecule has 0 aliphatic carbocycles. The summed E-state index contributed by atoms with van der Waals surface area (Å²) in [6, 6.07) is 8.20. The van der Waals surface area contributed by atoms with Crippen molar-refractivity contribution in [1.82, 2.24) is 14.9 Å². The summed E-state index contributed by atoms with van der Waals surface area (Å²) in [6.45, 7) is 3.00. The zero-order valence-electron chi connectivity index (χ0n) is 12.8. The highest BCUT2D eigenvalue weighted by atomic mass is 16.5. The molecule has 1 aliphatic rings. The van der Waals surface area contributed by atoms with Crippen LogP contribution in [0.25, 0.3) is 0 Å². The molecule has 6 nitrogen and oxygen atoms in total. The van der Waals surface area contributed by atoms with Gasteiger partial charge >= 0.3 is 6.01 Å². The summed E-state index contributed by atoms with van der Waals surface area (Å²) >= 11 is 0. The van der Waals surface area contributed by atoms with Crippen LogP contribution in [0.3, 0.4) is 0 Å². The Labute approximate surface area is 129 Å². The average molecular weight is 301 g/mol. The van der Waals surface area contributed by atoms with Crippen LogP contribution in [0.1, 0.15) is 11.3 Å². The first-order chi connectivity index (χ1) is 10.8. The standard InChI is InChI=1S/C16H19N3O3/c1-20-14-3-4-15-12(9-14)10-19(7-8-22-15)11-13-5-6-17-16(18-13)21-2/h3-6,9H,7-8,10-11H2,1-2H3. The molecule has 0 spiro atoms. The maximum Gasteiger partial charge on any atom is 0.316 e. The van der Waals surface area contributed by atoms with Crippen LogP contribution in [0.15, 0.2) is 30.5 Å². The molecule has 1 aliphatic heterocycles. The Bertz CT molecular complexity index is 648. The second-order valence-electron chi connectivity index (χ2n) is 5.07. The van der Waals surface area contributed by atoms with Gasteiger partial charge in [-0.25, -0.2) is 4.98 Å². The van der Waals surface area contributed by atoms with Crippen molar-refractivity contribution in [1.29, 1.82) is 0 Å². The van der Waals surface area contributed by atoms with Gasteiger partial charge in [0.25, 0.3) is 0 Å². The van der Waals surface area contributed by atoms with E-state index in [1.165, 1.54) is 0 Å². The molecular weight excluding hydrogens is 282 g/mol. The number of hydrogen-bond acceptors (Lipinski definition) is 6. The molecule has 3 rings (SSSR count). The lowest BCUT2D eigenvalue weighted by molar-refractivity contribution is 0.217. The first kappa shape index (κ1) is 14.6. The third-order valence-electron chi connectivity index (χ3n) is 3.59. The van der Waals surface area contributed by atoms with Gasteiger partial charge in [-0.05, 0) is 24.3 Å². The van der Waals surface area contributed by atoms with E-state index in [0.29, 0.717) is 12.6 Å². The van der Waals surface area contributed by atoms with Gasteiger partial charge in [0.1, 0.15) is 18.1 Å². The number of benzene rings is 1. The van der Waals surface area contributed by atoms with E-state index in [4.69, 9.17) is 14.2 Å². The minimum absolute atomic E-state index is 0.394. The Morgan fingerprint density at radius 3 is 2.95 bits per heavy atom. The topological polar surface area (TPSA) is 56.7 Å². The fourth-order valence-corrected chi connectivity index (χ4v) is 2.48. The summed E-state index contributed by atoms with van der Waals surface area (Å²) in [6.07, 6.45) is 1.71. The molecule has 1 aromatic carbocycles. The van der Waals surface area contributed by atoms with Crippen LogP contribution < -0.4 is 14.2 Å².